The highest BCUT2D eigenvalue weighted by molar-refractivity contribution is 7.26. The number of furan rings is 1. The first-order chi connectivity index (χ1) is 27.3. The van der Waals surface area contributed by atoms with E-state index in [-0.39, 0.29) is 0 Å². The second kappa shape index (κ2) is 12.9. The van der Waals surface area contributed by atoms with Gasteiger partial charge in [-0.1, -0.05) is 152 Å². The fraction of sp³-hybridized carbons (Fsp3) is 0. The molecule has 0 N–H and O–H groups in total. The zero-order chi connectivity index (χ0) is 36.3. The molecular formula is C52H33NOS. The molecule has 0 aliphatic heterocycles. The van der Waals surface area contributed by atoms with Crippen LogP contribution < -0.4 is 4.90 Å². The first-order valence-corrected chi connectivity index (χ1v) is 19.5. The molecule has 0 saturated carbocycles. The molecule has 0 radical (unpaired) electrons. The topological polar surface area (TPSA) is 16.4 Å². The van der Waals surface area contributed by atoms with Gasteiger partial charge in [0.05, 0.1) is 11.4 Å². The van der Waals surface area contributed by atoms with E-state index in [1.165, 1.54) is 53.2 Å². The summed E-state index contributed by atoms with van der Waals surface area (Å²) in [6.07, 6.45) is 0. The van der Waals surface area contributed by atoms with E-state index in [1.807, 2.05) is 17.4 Å². The van der Waals surface area contributed by atoms with E-state index >= 15 is 0 Å². The van der Waals surface area contributed by atoms with Crippen molar-refractivity contribution in [2.45, 2.75) is 0 Å². The molecule has 2 heterocycles. The Kier molecular flexibility index (Phi) is 7.39. The second-order valence-corrected chi connectivity index (χ2v) is 15.1. The van der Waals surface area contributed by atoms with Crippen LogP contribution in [0.15, 0.2) is 205 Å². The third-order valence-corrected chi connectivity index (χ3v) is 12.0. The maximum atomic E-state index is 6.62. The molecule has 2 aromatic heterocycles. The normalized spacial score (nSPS) is 11.6. The predicted molar refractivity (Wildman–Crippen MR) is 235 cm³/mol. The van der Waals surface area contributed by atoms with E-state index in [1.54, 1.807) is 0 Å². The van der Waals surface area contributed by atoms with E-state index in [9.17, 15) is 0 Å². The standard InChI is InChI=1S/C52H33NOS/c1-2-14-36-33-37(28-27-34(36)13-1)40-16-4-3-15-39(40)35-29-31-38(32-30-35)53(47-23-12-26-50-51(47)45-19-7-10-25-49(45)55-50)46-22-8-5-17-41(46)43-20-11-21-44-42-18-6-9-24-48(42)54-52(43)44/h1-33H. The fourth-order valence-electron chi connectivity index (χ4n) is 8.34. The van der Waals surface area contributed by atoms with Gasteiger partial charge in [0, 0.05) is 47.8 Å². The zero-order valence-corrected chi connectivity index (χ0v) is 30.6. The van der Waals surface area contributed by atoms with E-state index in [2.05, 4.69) is 199 Å². The highest BCUT2D eigenvalue weighted by atomic mass is 32.1. The third-order valence-electron chi connectivity index (χ3n) is 10.9. The summed E-state index contributed by atoms with van der Waals surface area (Å²) >= 11 is 1.85. The fourth-order valence-corrected chi connectivity index (χ4v) is 9.47. The van der Waals surface area contributed by atoms with Gasteiger partial charge in [-0.3, -0.25) is 0 Å². The molecule has 55 heavy (non-hydrogen) atoms. The van der Waals surface area contributed by atoms with Crippen molar-refractivity contribution in [2.75, 3.05) is 4.90 Å². The Balaban J connectivity index is 1.11. The number of thiophene rings is 1. The molecule has 3 heteroatoms. The SMILES string of the molecule is c1ccc(-c2ccc3ccccc3c2)c(-c2ccc(N(c3ccccc3-c3cccc4c3oc3ccccc34)c3cccc4sc5ccccc5c34)cc2)c1. The van der Waals surface area contributed by atoms with E-state index in [4.69, 9.17) is 4.42 Å². The predicted octanol–water partition coefficient (Wildman–Crippen LogP) is 15.6. The van der Waals surface area contributed by atoms with Crippen LogP contribution in [-0.4, -0.2) is 0 Å². The molecule has 0 saturated heterocycles. The molecule has 0 aliphatic carbocycles. The molecule has 0 unspecified atom stereocenters. The van der Waals surface area contributed by atoms with Crippen LogP contribution in [0.1, 0.15) is 0 Å². The molecule has 0 fully saturated rings. The summed E-state index contributed by atoms with van der Waals surface area (Å²) in [5, 5.41) is 7.26. The molecule has 11 aromatic rings. The molecule has 9 aromatic carbocycles. The second-order valence-electron chi connectivity index (χ2n) is 14.0. The lowest BCUT2D eigenvalue weighted by molar-refractivity contribution is 0.670. The lowest BCUT2D eigenvalue weighted by atomic mass is 9.93. The van der Waals surface area contributed by atoms with Gasteiger partial charge in [0.15, 0.2) is 0 Å². The number of nitrogens with zero attached hydrogens (tertiary/aromatic N) is 1. The number of hydrogen-bond donors (Lipinski definition) is 0. The average molecular weight is 720 g/mol. The summed E-state index contributed by atoms with van der Waals surface area (Å²) in [6.45, 7) is 0. The van der Waals surface area contributed by atoms with Gasteiger partial charge < -0.3 is 9.32 Å². The van der Waals surface area contributed by atoms with Crippen molar-refractivity contribution in [1.29, 1.82) is 0 Å². The zero-order valence-electron chi connectivity index (χ0n) is 29.8. The molecule has 2 nitrogen and oxygen atoms in total. The molecule has 0 amide bonds. The van der Waals surface area contributed by atoms with Crippen LogP contribution in [-0.2, 0) is 0 Å². The smallest absolute Gasteiger partial charge is 0.143 e. The van der Waals surface area contributed by atoms with Crippen LogP contribution in [0.3, 0.4) is 0 Å². The van der Waals surface area contributed by atoms with E-state index < -0.39 is 0 Å². The van der Waals surface area contributed by atoms with E-state index in [0.29, 0.717) is 0 Å². The van der Waals surface area contributed by atoms with Gasteiger partial charge in [0.1, 0.15) is 11.2 Å². The van der Waals surface area contributed by atoms with Gasteiger partial charge in [0.2, 0.25) is 0 Å². The Morgan fingerprint density at radius 1 is 0.382 bits per heavy atom. The summed E-state index contributed by atoms with van der Waals surface area (Å²) in [5.74, 6) is 0. The van der Waals surface area contributed by atoms with Crippen LogP contribution in [0.4, 0.5) is 17.1 Å². The van der Waals surface area contributed by atoms with Crippen molar-refractivity contribution >= 4 is 81.3 Å². The molecule has 0 bridgehead atoms. The summed E-state index contributed by atoms with van der Waals surface area (Å²) in [4.78, 5) is 2.44. The summed E-state index contributed by atoms with van der Waals surface area (Å²) in [5.41, 5.74) is 12.1. The maximum Gasteiger partial charge on any atom is 0.143 e. The van der Waals surface area contributed by atoms with Crippen molar-refractivity contribution in [2.24, 2.45) is 0 Å². The van der Waals surface area contributed by atoms with Crippen LogP contribution in [0.2, 0.25) is 0 Å². The van der Waals surface area contributed by atoms with Crippen molar-refractivity contribution < 1.29 is 4.42 Å². The van der Waals surface area contributed by atoms with Gasteiger partial charge >= 0.3 is 0 Å². The van der Waals surface area contributed by atoms with Gasteiger partial charge in [-0.05, 0) is 81.6 Å². The van der Waals surface area contributed by atoms with Crippen molar-refractivity contribution in [3.8, 4) is 33.4 Å². The monoisotopic (exact) mass is 719 g/mol. The van der Waals surface area contributed by atoms with Crippen molar-refractivity contribution in [3.05, 3.63) is 200 Å². The Morgan fingerprint density at radius 2 is 0.982 bits per heavy atom. The lowest BCUT2D eigenvalue weighted by Crippen LogP contribution is -2.11. The molecule has 0 atom stereocenters. The number of hydrogen-bond acceptors (Lipinski definition) is 3. The van der Waals surface area contributed by atoms with Crippen molar-refractivity contribution in [1.82, 2.24) is 0 Å². The minimum atomic E-state index is 0.897. The summed E-state index contributed by atoms with van der Waals surface area (Å²) in [7, 11) is 0. The van der Waals surface area contributed by atoms with E-state index in [0.717, 1.165) is 50.1 Å². The van der Waals surface area contributed by atoms with Gasteiger partial charge in [-0.15, -0.1) is 11.3 Å². The quantitative estimate of drug-likeness (QED) is 0.170. The number of anilines is 3. The number of para-hydroxylation sites is 3. The molecule has 0 spiro atoms. The minimum absolute atomic E-state index is 0.897. The van der Waals surface area contributed by atoms with Crippen LogP contribution in [0.25, 0.3) is 86.3 Å². The maximum absolute atomic E-state index is 6.62. The van der Waals surface area contributed by atoms with Crippen LogP contribution in [0.5, 0.6) is 0 Å². The molecule has 11 rings (SSSR count). The average Bonchev–Trinajstić information content (AvgIpc) is 3.83. The Labute approximate surface area is 322 Å². The minimum Gasteiger partial charge on any atom is -0.455 e. The van der Waals surface area contributed by atoms with Crippen molar-refractivity contribution in [3.63, 3.8) is 0 Å². The highest BCUT2D eigenvalue weighted by Gasteiger charge is 2.23. The third kappa shape index (κ3) is 5.24. The van der Waals surface area contributed by atoms with Gasteiger partial charge in [-0.2, -0.15) is 0 Å². The van der Waals surface area contributed by atoms with Crippen LogP contribution in [0, 0.1) is 0 Å². The Bertz CT molecular complexity index is 3220. The molecular weight excluding hydrogens is 687 g/mol. The Morgan fingerprint density at radius 3 is 1.85 bits per heavy atom. The highest BCUT2D eigenvalue weighted by Crippen LogP contribution is 2.49. The summed E-state index contributed by atoms with van der Waals surface area (Å²) in [6, 6.07) is 72.2. The number of benzene rings is 9. The first-order valence-electron chi connectivity index (χ1n) is 18.7. The Hall–Kier alpha value is -6.94. The van der Waals surface area contributed by atoms with Gasteiger partial charge in [0.25, 0.3) is 0 Å². The van der Waals surface area contributed by atoms with Crippen LogP contribution >= 0.6 is 11.3 Å². The first kappa shape index (κ1) is 31.6. The molecule has 0 aliphatic rings. The lowest BCUT2D eigenvalue weighted by Gasteiger charge is -2.29. The summed E-state index contributed by atoms with van der Waals surface area (Å²) < 4.78 is 9.17. The number of rotatable bonds is 6. The molecule has 258 valence electrons. The number of fused-ring (bicyclic) bond motifs is 7. The van der Waals surface area contributed by atoms with Gasteiger partial charge in [-0.25, -0.2) is 0 Å². The largest absolute Gasteiger partial charge is 0.455 e.